The van der Waals surface area contributed by atoms with Crippen LogP contribution in [0, 0.1) is 0 Å². The molecule has 0 saturated heterocycles. The van der Waals surface area contributed by atoms with Crippen LogP contribution in [0.15, 0.2) is 53.4 Å². The number of sulfonamides is 1. The molecule has 0 bridgehead atoms. The Kier molecular flexibility index (Phi) is 7.76. The summed E-state index contributed by atoms with van der Waals surface area (Å²) in [5.41, 5.74) is 0.940. The summed E-state index contributed by atoms with van der Waals surface area (Å²) < 4.78 is 26.2. The van der Waals surface area contributed by atoms with Gasteiger partial charge in [-0.2, -0.15) is 0 Å². The molecule has 33 heavy (non-hydrogen) atoms. The molecule has 1 aliphatic rings. The van der Waals surface area contributed by atoms with Crippen LogP contribution in [-0.2, 0) is 26.2 Å². The molecule has 3 amide bonds. The first kappa shape index (κ1) is 24.7. The molecule has 0 aliphatic carbocycles. The predicted molar refractivity (Wildman–Crippen MR) is 124 cm³/mol. The summed E-state index contributed by atoms with van der Waals surface area (Å²) in [6.07, 6.45) is 0.115. The molecule has 0 aromatic heterocycles. The van der Waals surface area contributed by atoms with E-state index >= 15 is 0 Å². The topological polar surface area (TPSA) is 104 Å². The van der Waals surface area contributed by atoms with Crippen molar-refractivity contribution in [2.24, 2.45) is 0 Å². The van der Waals surface area contributed by atoms with Gasteiger partial charge < -0.3 is 10.2 Å². The molecule has 2 aromatic carbocycles. The largest absolute Gasteiger partial charge is 0.355 e. The number of fused-ring (bicyclic) bond motifs is 1. The number of amides is 3. The van der Waals surface area contributed by atoms with Crippen LogP contribution in [0.2, 0.25) is 5.02 Å². The number of benzene rings is 2. The van der Waals surface area contributed by atoms with Gasteiger partial charge >= 0.3 is 0 Å². The second-order valence-corrected chi connectivity index (χ2v) is 9.97. The molecule has 1 atom stereocenters. The zero-order valence-electron chi connectivity index (χ0n) is 18.5. The van der Waals surface area contributed by atoms with Gasteiger partial charge in [0.25, 0.3) is 15.9 Å². The van der Waals surface area contributed by atoms with Crippen LogP contribution < -0.4 is 5.32 Å². The molecule has 1 heterocycles. The maximum atomic E-state index is 13.1. The fraction of sp³-hybridized carbons (Fsp3) is 0.348. The molecule has 10 heteroatoms. The molecule has 0 spiro atoms. The standard InChI is InChI=1S/C23H26ClN3O5S/c1-3-25-22(29)16(2)26(15-17-10-12-18(24)13-11-17)21(28)9-6-14-27-23(30)19-7-4-5-8-20(19)33(27,31)32/h4-5,7-8,10-13,16H,3,6,9,14-15H2,1-2H3,(H,25,29)/t16-/m0/s1. The van der Waals surface area contributed by atoms with E-state index in [1.165, 1.54) is 17.0 Å². The van der Waals surface area contributed by atoms with Crippen LogP contribution in [0.5, 0.6) is 0 Å². The number of hydrogen-bond donors (Lipinski definition) is 1. The number of rotatable bonds is 9. The van der Waals surface area contributed by atoms with E-state index < -0.39 is 22.0 Å². The quantitative estimate of drug-likeness (QED) is 0.581. The van der Waals surface area contributed by atoms with Gasteiger partial charge in [-0.25, -0.2) is 12.7 Å². The Morgan fingerprint density at radius 2 is 1.79 bits per heavy atom. The average Bonchev–Trinajstić information content (AvgIpc) is 2.99. The fourth-order valence-electron chi connectivity index (χ4n) is 3.66. The molecule has 1 N–H and O–H groups in total. The summed E-state index contributed by atoms with van der Waals surface area (Å²) in [7, 11) is -3.92. The summed E-state index contributed by atoms with van der Waals surface area (Å²) in [6, 6.07) is 12.3. The smallest absolute Gasteiger partial charge is 0.269 e. The molecule has 3 rings (SSSR count). The fourth-order valence-corrected chi connectivity index (χ4v) is 5.39. The van der Waals surface area contributed by atoms with E-state index in [1.54, 1.807) is 50.2 Å². The molecule has 0 saturated carbocycles. The van der Waals surface area contributed by atoms with E-state index in [1.807, 2.05) is 0 Å². The Hall–Kier alpha value is -2.91. The Balaban J connectivity index is 1.70. The van der Waals surface area contributed by atoms with E-state index in [4.69, 9.17) is 11.6 Å². The lowest BCUT2D eigenvalue weighted by molar-refractivity contribution is -0.140. The van der Waals surface area contributed by atoms with Crippen molar-refractivity contribution in [1.29, 1.82) is 0 Å². The van der Waals surface area contributed by atoms with Gasteiger partial charge in [-0.1, -0.05) is 35.9 Å². The summed E-state index contributed by atoms with van der Waals surface area (Å²) in [5, 5.41) is 3.28. The minimum Gasteiger partial charge on any atom is -0.355 e. The van der Waals surface area contributed by atoms with Crippen LogP contribution in [0.25, 0.3) is 0 Å². The molecule has 0 fully saturated rings. The van der Waals surface area contributed by atoms with Gasteiger partial charge in [-0.15, -0.1) is 0 Å². The number of hydrogen-bond acceptors (Lipinski definition) is 5. The maximum absolute atomic E-state index is 13.1. The SMILES string of the molecule is CCNC(=O)[C@H](C)N(Cc1ccc(Cl)cc1)C(=O)CCCN1C(=O)c2ccccc2S1(=O)=O. The third-order valence-electron chi connectivity index (χ3n) is 5.45. The summed E-state index contributed by atoms with van der Waals surface area (Å²) in [5.74, 6) is -1.19. The Morgan fingerprint density at radius 3 is 2.42 bits per heavy atom. The van der Waals surface area contributed by atoms with Crippen molar-refractivity contribution in [2.75, 3.05) is 13.1 Å². The summed E-state index contributed by atoms with van der Waals surface area (Å²) in [4.78, 5) is 39.5. The van der Waals surface area contributed by atoms with E-state index in [9.17, 15) is 22.8 Å². The highest BCUT2D eigenvalue weighted by molar-refractivity contribution is 7.90. The van der Waals surface area contributed by atoms with E-state index in [-0.39, 0.29) is 48.2 Å². The van der Waals surface area contributed by atoms with Gasteiger partial charge in [0, 0.05) is 31.1 Å². The Morgan fingerprint density at radius 1 is 1.12 bits per heavy atom. The highest BCUT2D eigenvalue weighted by Gasteiger charge is 2.40. The number of nitrogens with zero attached hydrogens (tertiary/aromatic N) is 2. The van der Waals surface area contributed by atoms with Crippen molar-refractivity contribution in [3.05, 3.63) is 64.7 Å². The van der Waals surface area contributed by atoms with Crippen LogP contribution in [-0.4, -0.2) is 54.5 Å². The summed E-state index contributed by atoms with van der Waals surface area (Å²) >= 11 is 5.94. The number of carbonyl (C=O) groups is 3. The van der Waals surface area contributed by atoms with Crippen molar-refractivity contribution in [2.45, 2.75) is 44.2 Å². The van der Waals surface area contributed by atoms with E-state index in [0.29, 0.717) is 11.6 Å². The maximum Gasteiger partial charge on any atom is 0.269 e. The molecule has 0 radical (unpaired) electrons. The highest BCUT2D eigenvalue weighted by Crippen LogP contribution is 2.30. The molecular weight excluding hydrogens is 466 g/mol. The van der Waals surface area contributed by atoms with Gasteiger partial charge in [0.1, 0.15) is 10.9 Å². The van der Waals surface area contributed by atoms with Crippen LogP contribution in [0.4, 0.5) is 0 Å². The van der Waals surface area contributed by atoms with Gasteiger partial charge in [-0.05, 0) is 50.1 Å². The second kappa shape index (κ2) is 10.4. The molecule has 0 unspecified atom stereocenters. The Bertz CT molecular complexity index is 1150. The van der Waals surface area contributed by atoms with Gasteiger partial charge in [-0.3, -0.25) is 14.4 Å². The van der Waals surface area contributed by atoms with Crippen LogP contribution in [0.1, 0.15) is 42.6 Å². The monoisotopic (exact) mass is 491 g/mol. The van der Waals surface area contributed by atoms with Crippen molar-refractivity contribution in [1.82, 2.24) is 14.5 Å². The second-order valence-electron chi connectivity index (χ2n) is 7.70. The zero-order chi connectivity index (χ0) is 24.2. The zero-order valence-corrected chi connectivity index (χ0v) is 20.0. The minimum absolute atomic E-state index is 0.0180. The van der Waals surface area contributed by atoms with Crippen LogP contribution in [0.3, 0.4) is 0 Å². The molecular formula is C23H26ClN3O5S. The van der Waals surface area contributed by atoms with Crippen molar-refractivity contribution in [3.8, 4) is 0 Å². The third kappa shape index (κ3) is 5.36. The molecule has 1 aliphatic heterocycles. The van der Waals surface area contributed by atoms with Crippen molar-refractivity contribution < 1.29 is 22.8 Å². The lowest BCUT2D eigenvalue weighted by Crippen LogP contribution is -2.47. The third-order valence-corrected chi connectivity index (χ3v) is 7.54. The lowest BCUT2D eigenvalue weighted by Gasteiger charge is -2.29. The highest BCUT2D eigenvalue weighted by atomic mass is 35.5. The first-order chi connectivity index (χ1) is 15.7. The first-order valence-corrected chi connectivity index (χ1v) is 12.5. The van der Waals surface area contributed by atoms with Gasteiger partial charge in [0.15, 0.2) is 0 Å². The number of likely N-dealkylation sites (N-methyl/N-ethyl adjacent to an activating group) is 1. The predicted octanol–water partition coefficient (Wildman–Crippen LogP) is 2.82. The first-order valence-electron chi connectivity index (χ1n) is 10.6. The number of halogens is 1. The van der Waals surface area contributed by atoms with Gasteiger partial charge in [0.05, 0.1) is 5.56 Å². The van der Waals surface area contributed by atoms with Crippen molar-refractivity contribution in [3.63, 3.8) is 0 Å². The summed E-state index contributed by atoms with van der Waals surface area (Å²) in [6.45, 7) is 3.94. The lowest BCUT2D eigenvalue weighted by atomic mass is 10.1. The van der Waals surface area contributed by atoms with Crippen molar-refractivity contribution >= 4 is 39.3 Å². The normalized spacial score (nSPS) is 15.1. The number of carbonyl (C=O) groups excluding carboxylic acids is 3. The van der Waals surface area contributed by atoms with Crippen LogP contribution >= 0.6 is 11.6 Å². The Labute approximate surface area is 198 Å². The van der Waals surface area contributed by atoms with Gasteiger partial charge in [0.2, 0.25) is 11.8 Å². The molecule has 176 valence electrons. The minimum atomic E-state index is -3.92. The van der Waals surface area contributed by atoms with E-state index in [2.05, 4.69) is 5.32 Å². The molecule has 2 aromatic rings. The molecule has 8 nitrogen and oxygen atoms in total. The average molecular weight is 492 g/mol. The number of nitrogens with one attached hydrogen (secondary N) is 1. The van der Waals surface area contributed by atoms with E-state index in [0.717, 1.165) is 9.87 Å².